The number of piperazine rings is 1. The third-order valence-corrected chi connectivity index (χ3v) is 6.60. The van der Waals surface area contributed by atoms with Crippen LogP contribution in [0, 0.1) is 23.0 Å². The minimum absolute atomic E-state index is 0.0971. The Balaban J connectivity index is 1.50. The average molecular weight is 458 g/mol. The molecule has 8 heteroatoms. The van der Waals surface area contributed by atoms with Crippen LogP contribution in [0.2, 0.25) is 0 Å². The van der Waals surface area contributed by atoms with Crippen LogP contribution in [0.1, 0.15) is 29.7 Å². The zero-order valence-corrected chi connectivity index (χ0v) is 19.2. The summed E-state index contributed by atoms with van der Waals surface area (Å²) in [6.45, 7) is 4.60. The van der Waals surface area contributed by atoms with Crippen molar-refractivity contribution >= 4 is 17.4 Å². The van der Waals surface area contributed by atoms with Crippen molar-refractivity contribution in [1.82, 2.24) is 14.9 Å². The van der Waals surface area contributed by atoms with Crippen LogP contribution in [0.4, 0.5) is 11.5 Å². The zero-order chi connectivity index (χ0) is 23.7. The lowest BCUT2D eigenvalue weighted by Crippen LogP contribution is -2.49. The first-order valence-electron chi connectivity index (χ1n) is 11.7. The predicted octanol–water partition coefficient (Wildman–Crippen LogP) is 4.01. The lowest BCUT2D eigenvalue weighted by Gasteiger charge is -2.36. The summed E-state index contributed by atoms with van der Waals surface area (Å²) in [6, 6.07) is 16.6. The second-order valence-electron chi connectivity index (χ2n) is 8.95. The topological polar surface area (TPSA) is 92.5 Å². The molecule has 0 N–H and O–H groups in total. The Morgan fingerprint density at radius 1 is 1.00 bits per heavy atom. The Morgan fingerprint density at radius 2 is 1.68 bits per heavy atom. The fourth-order valence-electron chi connectivity index (χ4n) is 4.52. The van der Waals surface area contributed by atoms with Crippen molar-refractivity contribution in [3.8, 4) is 11.4 Å². The fourth-order valence-corrected chi connectivity index (χ4v) is 4.52. The zero-order valence-electron chi connectivity index (χ0n) is 19.2. The van der Waals surface area contributed by atoms with Crippen molar-refractivity contribution < 1.29 is 9.72 Å². The number of aromatic nitrogens is 2. The number of hydrogen-bond acceptors (Lipinski definition) is 6. The number of benzene rings is 2. The quantitative estimate of drug-likeness (QED) is 0.410. The van der Waals surface area contributed by atoms with Crippen molar-refractivity contribution in [3.63, 3.8) is 0 Å². The number of aryl methyl sites for hydroxylation is 1. The average Bonchev–Trinajstić information content (AvgIpc) is 3.71. The minimum atomic E-state index is -0.341. The summed E-state index contributed by atoms with van der Waals surface area (Å²) >= 11 is 0. The molecule has 1 aliphatic heterocycles. The van der Waals surface area contributed by atoms with Gasteiger partial charge in [0.25, 0.3) is 5.69 Å². The van der Waals surface area contributed by atoms with Crippen molar-refractivity contribution in [1.29, 1.82) is 0 Å². The summed E-state index contributed by atoms with van der Waals surface area (Å²) in [5.74, 6) is 1.91. The summed E-state index contributed by atoms with van der Waals surface area (Å²) in [6.07, 6.45) is 2.38. The van der Waals surface area contributed by atoms with Gasteiger partial charge in [-0.05, 0) is 19.8 Å². The predicted molar refractivity (Wildman–Crippen MR) is 130 cm³/mol. The van der Waals surface area contributed by atoms with E-state index in [1.165, 1.54) is 6.07 Å². The summed E-state index contributed by atoms with van der Waals surface area (Å²) in [4.78, 5) is 37.7. The number of rotatable bonds is 6. The summed E-state index contributed by atoms with van der Waals surface area (Å²) < 4.78 is 0. The first-order valence-corrected chi connectivity index (χ1v) is 11.7. The van der Waals surface area contributed by atoms with Gasteiger partial charge in [0.2, 0.25) is 5.91 Å². The molecule has 1 aromatic heterocycles. The molecule has 0 unspecified atom stereocenters. The second kappa shape index (κ2) is 9.21. The molecule has 1 saturated carbocycles. The molecule has 1 amide bonds. The smallest absolute Gasteiger partial charge is 0.272 e. The number of amides is 1. The van der Waals surface area contributed by atoms with Crippen molar-refractivity contribution in [2.45, 2.75) is 26.2 Å². The van der Waals surface area contributed by atoms with Crippen LogP contribution in [-0.4, -0.2) is 51.9 Å². The molecule has 0 spiro atoms. The van der Waals surface area contributed by atoms with Gasteiger partial charge in [-0.1, -0.05) is 48.5 Å². The molecular formula is C26H27N5O3. The van der Waals surface area contributed by atoms with E-state index >= 15 is 0 Å². The first kappa shape index (κ1) is 22.0. The Labute approximate surface area is 198 Å². The summed E-state index contributed by atoms with van der Waals surface area (Å²) in [5.41, 5.74) is 3.34. The molecule has 1 aliphatic carbocycles. The van der Waals surface area contributed by atoms with Gasteiger partial charge in [-0.25, -0.2) is 9.97 Å². The van der Waals surface area contributed by atoms with E-state index in [-0.39, 0.29) is 22.4 Å². The molecule has 0 bridgehead atoms. The van der Waals surface area contributed by atoms with Crippen molar-refractivity contribution in [2.75, 3.05) is 31.1 Å². The molecule has 174 valence electrons. The van der Waals surface area contributed by atoms with Crippen LogP contribution >= 0.6 is 0 Å². The highest BCUT2D eigenvalue weighted by Crippen LogP contribution is 2.33. The normalized spacial score (nSPS) is 15.9. The maximum atomic E-state index is 12.5. The SMILES string of the molecule is Cc1nc(-c2ccccc2)nc(N2CCN(C(=O)C3CC3)CC2)c1Cc1ccccc1[N+](=O)[O-]. The lowest BCUT2D eigenvalue weighted by molar-refractivity contribution is -0.385. The van der Waals surface area contributed by atoms with E-state index in [4.69, 9.17) is 9.97 Å². The molecule has 5 rings (SSSR count). The Hall–Kier alpha value is -3.81. The molecule has 2 heterocycles. The van der Waals surface area contributed by atoms with Crippen LogP contribution in [0.3, 0.4) is 0 Å². The van der Waals surface area contributed by atoms with Gasteiger partial charge in [-0.2, -0.15) is 0 Å². The van der Waals surface area contributed by atoms with E-state index in [2.05, 4.69) is 4.90 Å². The molecule has 0 atom stereocenters. The van der Waals surface area contributed by atoms with Crippen LogP contribution in [0.5, 0.6) is 0 Å². The van der Waals surface area contributed by atoms with E-state index in [0.29, 0.717) is 44.0 Å². The molecular weight excluding hydrogens is 430 g/mol. The Morgan fingerprint density at radius 3 is 2.35 bits per heavy atom. The third kappa shape index (κ3) is 4.48. The number of nitro groups is 1. The highest BCUT2D eigenvalue weighted by atomic mass is 16.6. The van der Waals surface area contributed by atoms with Gasteiger partial charge in [0.15, 0.2) is 5.82 Å². The van der Waals surface area contributed by atoms with Crippen molar-refractivity contribution in [3.05, 3.63) is 81.5 Å². The van der Waals surface area contributed by atoms with E-state index in [0.717, 1.165) is 35.5 Å². The standard InChI is InChI=1S/C26H27N5O3/c1-18-22(17-21-9-5-6-10-23(21)31(33)34)25(28-24(27-18)19-7-3-2-4-8-19)29-13-15-30(16-14-29)26(32)20-11-12-20/h2-10,20H,11-17H2,1H3. The number of anilines is 1. The van der Waals surface area contributed by atoms with Crippen molar-refractivity contribution in [2.24, 2.45) is 5.92 Å². The molecule has 0 radical (unpaired) electrons. The molecule has 2 aromatic carbocycles. The van der Waals surface area contributed by atoms with Gasteiger partial charge in [-0.3, -0.25) is 14.9 Å². The Bertz CT molecular complexity index is 1220. The summed E-state index contributed by atoms with van der Waals surface area (Å²) in [7, 11) is 0. The minimum Gasteiger partial charge on any atom is -0.353 e. The second-order valence-corrected chi connectivity index (χ2v) is 8.95. The van der Waals surface area contributed by atoms with E-state index in [1.54, 1.807) is 12.1 Å². The van der Waals surface area contributed by atoms with Crippen LogP contribution < -0.4 is 4.90 Å². The molecule has 34 heavy (non-hydrogen) atoms. The molecule has 1 saturated heterocycles. The largest absolute Gasteiger partial charge is 0.353 e. The number of carbonyl (C=O) groups is 1. The fraction of sp³-hybridized carbons (Fsp3) is 0.346. The van der Waals surface area contributed by atoms with Gasteiger partial charge < -0.3 is 9.80 Å². The maximum absolute atomic E-state index is 12.5. The highest BCUT2D eigenvalue weighted by Gasteiger charge is 2.35. The van der Waals surface area contributed by atoms with Gasteiger partial charge in [-0.15, -0.1) is 0 Å². The maximum Gasteiger partial charge on any atom is 0.272 e. The number of hydrogen-bond donors (Lipinski definition) is 0. The number of para-hydroxylation sites is 1. The van der Waals surface area contributed by atoms with Gasteiger partial charge in [0.1, 0.15) is 5.82 Å². The van der Waals surface area contributed by atoms with Gasteiger partial charge in [0, 0.05) is 67.0 Å². The van der Waals surface area contributed by atoms with E-state index < -0.39 is 0 Å². The third-order valence-electron chi connectivity index (χ3n) is 6.60. The lowest BCUT2D eigenvalue weighted by atomic mass is 10.0. The van der Waals surface area contributed by atoms with E-state index in [1.807, 2.05) is 48.2 Å². The summed E-state index contributed by atoms with van der Waals surface area (Å²) in [5, 5.41) is 11.6. The highest BCUT2D eigenvalue weighted by molar-refractivity contribution is 5.81. The monoisotopic (exact) mass is 457 g/mol. The molecule has 8 nitrogen and oxygen atoms in total. The number of nitro benzene ring substituents is 1. The van der Waals surface area contributed by atoms with Gasteiger partial charge in [0.05, 0.1) is 4.92 Å². The van der Waals surface area contributed by atoms with Crippen LogP contribution in [0.25, 0.3) is 11.4 Å². The van der Waals surface area contributed by atoms with Crippen LogP contribution in [0.15, 0.2) is 54.6 Å². The van der Waals surface area contributed by atoms with Gasteiger partial charge >= 0.3 is 0 Å². The van der Waals surface area contributed by atoms with Crippen LogP contribution in [-0.2, 0) is 11.2 Å². The first-order chi connectivity index (χ1) is 16.5. The van der Waals surface area contributed by atoms with E-state index in [9.17, 15) is 14.9 Å². The number of nitrogens with zero attached hydrogens (tertiary/aromatic N) is 5. The molecule has 3 aromatic rings. The molecule has 2 fully saturated rings. The number of carbonyl (C=O) groups excluding carboxylic acids is 1. The Kier molecular flexibility index (Phi) is 5.96. The molecule has 2 aliphatic rings.